The lowest BCUT2D eigenvalue weighted by Crippen LogP contribution is -2.50. The number of nitrogens with zero attached hydrogens (tertiary/aromatic N) is 2. The molecule has 2 aromatic carbocycles. The number of carbonyl (C=O) groups is 2. The van der Waals surface area contributed by atoms with Crippen molar-refractivity contribution in [2.45, 2.75) is 19.1 Å². The summed E-state index contributed by atoms with van der Waals surface area (Å²) in [4.78, 5) is 28.6. The molecule has 0 radical (unpaired) electrons. The summed E-state index contributed by atoms with van der Waals surface area (Å²) in [7, 11) is 0. The summed E-state index contributed by atoms with van der Waals surface area (Å²) in [6.07, 6.45) is -3.82. The van der Waals surface area contributed by atoms with E-state index in [4.69, 9.17) is 0 Å². The van der Waals surface area contributed by atoms with E-state index in [9.17, 15) is 27.2 Å². The standard InChI is InChI=1S/C24H28F4N4O3/c25-20-6-2-18(3-7-20)16-29-22(33)19-4-8-21(9-5-19)30-23(34)32-13-11-31(12-14-32)10-1-15-35-17-24(26,27)28/h2-9H,1,10-17H2,(H,29,33)(H,30,34). The van der Waals surface area contributed by atoms with Gasteiger partial charge in [0.25, 0.3) is 5.91 Å². The van der Waals surface area contributed by atoms with E-state index >= 15 is 0 Å². The molecule has 3 rings (SSSR count). The Kier molecular flexibility index (Phi) is 9.44. The van der Waals surface area contributed by atoms with Crippen LogP contribution in [0.3, 0.4) is 0 Å². The van der Waals surface area contributed by atoms with Gasteiger partial charge in [-0.3, -0.25) is 9.69 Å². The van der Waals surface area contributed by atoms with Crippen LogP contribution in [0.5, 0.6) is 0 Å². The second kappa shape index (κ2) is 12.5. The van der Waals surface area contributed by atoms with Gasteiger partial charge in [0.05, 0.1) is 0 Å². The van der Waals surface area contributed by atoms with Gasteiger partial charge in [0.2, 0.25) is 0 Å². The van der Waals surface area contributed by atoms with Crippen molar-refractivity contribution in [1.82, 2.24) is 15.1 Å². The number of amides is 3. The smallest absolute Gasteiger partial charge is 0.372 e. The summed E-state index contributed by atoms with van der Waals surface area (Å²) < 4.78 is 53.8. The van der Waals surface area contributed by atoms with Gasteiger partial charge in [0.1, 0.15) is 12.4 Å². The molecule has 7 nitrogen and oxygen atoms in total. The van der Waals surface area contributed by atoms with Crippen LogP contribution in [-0.4, -0.2) is 73.9 Å². The summed E-state index contributed by atoms with van der Waals surface area (Å²) >= 11 is 0. The zero-order chi connectivity index (χ0) is 25.3. The van der Waals surface area contributed by atoms with Crippen molar-refractivity contribution in [3.05, 3.63) is 65.5 Å². The molecule has 1 aliphatic heterocycles. The lowest BCUT2D eigenvalue weighted by molar-refractivity contribution is -0.174. The number of nitrogens with one attached hydrogen (secondary N) is 2. The Morgan fingerprint density at radius 1 is 0.943 bits per heavy atom. The number of carbonyl (C=O) groups excluding carboxylic acids is 2. The van der Waals surface area contributed by atoms with Crippen LogP contribution >= 0.6 is 0 Å². The fourth-order valence-electron chi connectivity index (χ4n) is 3.55. The number of anilines is 1. The van der Waals surface area contributed by atoms with Crippen LogP contribution in [0.25, 0.3) is 0 Å². The van der Waals surface area contributed by atoms with Crippen LogP contribution in [-0.2, 0) is 11.3 Å². The topological polar surface area (TPSA) is 73.9 Å². The molecule has 0 unspecified atom stereocenters. The molecule has 0 aromatic heterocycles. The Morgan fingerprint density at radius 3 is 2.23 bits per heavy atom. The first-order valence-electron chi connectivity index (χ1n) is 11.2. The van der Waals surface area contributed by atoms with Crippen LogP contribution < -0.4 is 10.6 Å². The highest BCUT2D eigenvalue weighted by molar-refractivity contribution is 5.95. The molecule has 2 aromatic rings. The molecule has 35 heavy (non-hydrogen) atoms. The summed E-state index contributed by atoms with van der Waals surface area (Å²) in [5.74, 6) is -0.625. The fraction of sp³-hybridized carbons (Fsp3) is 0.417. The highest BCUT2D eigenvalue weighted by Gasteiger charge is 2.27. The molecular formula is C24H28F4N4O3. The number of hydrogen-bond donors (Lipinski definition) is 2. The van der Waals surface area contributed by atoms with Gasteiger partial charge in [-0.2, -0.15) is 13.2 Å². The third-order valence-electron chi connectivity index (χ3n) is 5.45. The van der Waals surface area contributed by atoms with Gasteiger partial charge < -0.3 is 20.3 Å². The lowest BCUT2D eigenvalue weighted by atomic mass is 10.1. The van der Waals surface area contributed by atoms with Crippen molar-refractivity contribution in [2.24, 2.45) is 0 Å². The Balaban J connectivity index is 1.35. The van der Waals surface area contributed by atoms with E-state index in [0.717, 1.165) is 5.56 Å². The lowest BCUT2D eigenvalue weighted by Gasteiger charge is -2.34. The third kappa shape index (κ3) is 9.18. The summed E-state index contributed by atoms with van der Waals surface area (Å²) in [5, 5.41) is 5.56. The minimum atomic E-state index is -4.31. The Hall–Kier alpha value is -3.18. The number of halogens is 4. The van der Waals surface area contributed by atoms with Crippen molar-refractivity contribution in [1.29, 1.82) is 0 Å². The average Bonchev–Trinajstić information content (AvgIpc) is 2.83. The molecule has 1 saturated heterocycles. The molecule has 1 heterocycles. The van der Waals surface area contributed by atoms with Gasteiger partial charge in [-0.1, -0.05) is 12.1 Å². The second-order valence-electron chi connectivity index (χ2n) is 8.17. The molecule has 0 atom stereocenters. The molecule has 0 spiro atoms. The zero-order valence-electron chi connectivity index (χ0n) is 19.1. The predicted molar refractivity (Wildman–Crippen MR) is 123 cm³/mol. The number of benzene rings is 2. The maximum absolute atomic E-state index is 13.0. The van der Waals surface area contributed by atoms with Gasteiger partial charge in [-0.15, -0.1) is 0 Å². The van der Waals surface area contributed by atoms with Crippen LogP contribution in [0.4, 0.5) is 28.0 Å². The van der Waals surface area contributed by atoms with E-state index < -0.39 is 12.8 Å². The van der Waals surface area contributed by atoms with E-state index in [-0.39, 0.29) is 30.9 Å². The molecule has 1 fully saturated rings. The quantitative estimate of drug-likeness (QED) is 0.408. The molecule has 3 amide bonds. The third-order valence-corrected chi connectivity index (χ3v) is 5.45. The predicted octanol–water partition coefficient (Wildman–Crippen LogP) is 3.87. The fourth-order valence-corrected chi connectivity index (χ4v) is 3.55. The largest absolute Gasteiger partial charge is 0.411 e. The van der Waals surface area contributed by atoms with Crippen LogP contribution in [0.2, 0.25) is 0 Å². The average molecular weight is 497 g/mol. The molecule has 2 N–H and O–H groups in total. The number of alkyl halides is 3. The minimum absolute atomic E-state index is 0.0421. The van der Waals surface area contributed by atoms with Gasteiger partial charge in [-0.05, 0) is 48.4 Å². The van der Waals surface area contributed by atoms with Gasteiger partial charge in [0, 0.05) is 57.1 Å². The summed E-state index contributed by atoms with van der Waals surface area (Å²) in [6, 6.07) is 12.1. The van der Waals surface area contributed by atoms with Crippen LogP contribution in [0.1, 0.15) is 22.3 Å². The SMILES string of the molecule is O=C(NCc1ccc(F)cc1)c1ccc(NC(=O)N2CCN(CCCOCC(F)(F)F)CC2)cc1. The molecule has 0 aliphatic carbocycles. The Morgan fingerprint density at radius 2 is 1.60 bits per heavy atom. The maximum Gasteiger partial charge on any atom is 0.411 e. The van der Waals surface area contributed by atoms with Crippen molar-refractivity contribution >= 4 is 17.6 Å². The van der Waals surface area contributed by atoms with Crippen LogP contribution in [0, 0.1) is 5.82 Å². The Labute approximate surface area is 201 Å². The second-order valence-corrected chi connectivity index (χ2v) is 8.17. The molecule has 190 valence electrons. The summed E-state index contributed by atoms with van der Waals surface area (Å²) in [6.45, 7) is 1.93. The molecular weight excluding hydrogens is 468 g/mol. The van der Waals surface area contributed by atoms with E-state index in [2.05, 4.69) is 20.3 Å². The first-order valence-corrected chi connectivity index (χ1v) is 11.2. The van der Waals surface area contributed by atoms with Crippen molar-refractivity contribution < 1.29 is 31.9 Å². The number of piperazine rings is 1. The Bertz CT molecular complexity index is 960. The molecule has 11 heteroatoms. The molecule has 0 bridgehead atoms. The normalized spacial score (nSPS) is 14.6. The number of rotatable bonds is 9. The number of urea groups is 1. The number of hydrogen-bond acceptors (Lipinski definition) is 4. The van der Waals surface area contributed by atoms with Crippen molar-refractivity contribution in [3.8, 4) is 0 Å². The van der Waals surface area contributed by atoms with Crippen LogP contribution in [0.15, 0.2) is 48.5 Å². The molecule has 0 saturated carbocycles. The molecule has 1 aliphatic rings. The van der Waals surface area contributed by atoms with Crippen molar-refractivity contribution in [3.63, 3.8) is 0 Å². The zero-order valence-corrected chi connectivity index (χ0v) is 19.1. The van der Waals surface area contributed by atoms with E-state index in [1.807, 2.05) is 0 Å². The highest BCUT2D eigenvalue weighted by Crippen LogP contribution is 2.15. The maximum atomic E-state index is 13.0. The highest BCUT2D eigenvalue weighted by atomic mass is 19.4. The van der Waals surface area contributed by atoms with Crippen molar-refractivity contribution in [2.75, 3.05) is 51.3 Å². The van der Waals surface area contributed by atoms with Gasteiger partial charge >= 0.3 is 12.2 Å². The summed E-state index contributed by atoms with van der Waals surface area (Å²) in [5.41, 5.74) is 1.76. The van der Waals surface area contributed by atoms with Gasteiger partial charge in [-0.25, -0.2) is 9.18 Å². The number of ether oxygens (including phenoxy) is 1. The van der Waals surface area contributed by atoms with E-state index in [0.29, 0.717) is 50.4 Å². The first kappa shape index (κ1) is 26.4. The minimum Gasteiger partial charge on any atom is -0.372 e. The monoisotopic (exact) mass is 496 g/mol. The van der Waals surface area contributed by atoms with Gasteiger partial charge in [0.15, 0.2) is 0 Å². The first-order chi connectivity index (χ1) is 16.7. The van der Waals surface area contributed by atoms with E-state index in [1.165, 1.54) is 12.1 Å². The van der Waals surface area contributed by atoms with E-state index in [1.54, 1.807) is 41.3 Å².